The number of nitrogens with one attached hydrogen (secondary N) is 1. The number of hydrogen-bond donors (Lipinski definition) is 1. The molecule has 0 bridgehead atoms. The van der Waals surface area contributed by atoms with Crippen LogP contribution in [0.1, 0.15) is 21.5 Å². The number of hydrogen-bond acceptors (Lipinski definition) is 3. The highest BCUT2D eigenvalue weighted by molar-refractivity contribution is 5.94. The molecule has 0 aliphatic carbocycles. The van der Waals surface area contributed by atoms with Gasteiger partial charge in [0.15, 0.2) is 0 Å². The van der Waals surface area contributed by atoms with Crippen LogP contribution in [0.3, 0.4) is 0 Å². The summed E-state index contributed by atoms with van der Waals surface area (Å²) in [6, 6.07) is 13.8. The summed E-state index contributed by atoms with van der Waals surface area (Å²) in [7, 11) is 0. The van der Waals surface area contributed by atoms with Gasteiger partial charge in [0.1, 0.15) is 19.0 Å². The zero-order valence-electron chi connectivity index (χ0n) is 14.3. The number of alkyl halides is 3. The minimum absolute atomic E-state index is 0.161. The van der Waals surface area contributed by atoms with Crippen LogP contribution in [0.5, 0.6) is 5.75 Å². The maximum atomic E-state index is 12.0. The van der Waals surface area contributed by atoms with Crippen molar-refractivity contribution in [1.29, 1.82) is 0 Å². The molecule has 0 spiro atoms. The van der Waals surface area contributed by atoms with Gasteiger partial charge in [-0.3, -0.25) is 4.79 Å². The van der Waals surface area contributed by atoms with Crippen molar-refractivity contribution in [2.24, 2.45) is 0 Å². The average Bonchev–Trinajstić information content (AvgIpc) is 2.58. The Morgan fingerprint density at radius 3 is 2.50 bits per heavy atom. The lowest BCUT2D eigenvalue weighted by Crippen LogP contribution is -2.28. The highest BCUT2D eigenvalue weighted by Gasteiger charge is 2.27. The van der Waals surface area contributed by atoms with Crippen molar-refractivity contribution >= 4 is 5.91 Å². The monoisotopic (exact) mass is 367 g/mol. The summed E-state index contributed by atoms with van der Waals surface area (Å²) in [5.74, 6) is 0.461. The fourth-order valence-electron chi connectivity index (χ4n) is 2.18. The number of amides is 1. The van der Waals surface area contributed by atoms with Crippen LogP contribution in [0, 0.1) is 6.92 Å². The third-order valence-electron chi connectivity index (χ3n) is 3.40. The first kappa shape index (κ1) is 19.8. The van der Waals surface area contributed by atoms with E-state index in [-0.39, 0.29) is 12.5 Å². The molecule has 0 aromatic heterocycles. The lowest BCUT2D eigenvalue weighted by atomic mass is 10.1. The van der Waals surface area contributed by atoms with E-state index in [1.165, 1.54) is 0 Å². The molecular formula is C19H20F3NO3. The number of rotatable bonds is 8. The topological polar surface area (TPSA) is 47.6 Å². The van der Waals surface area contributed by atoms with Crippen LogP contribution in [0.4, 0.5) is 13.2 Å². The summed E-state index contributed by atoms with van der Waals surface area (Å²) in [5, 5.41) is 2.72. The molecular weight excluding hydrogens is 347 g/mol. The Bertz CT molecular complexity index is 715. The Hall–Kier alpha value is -2.54. The van der Waals surface area contributed by atoms with Crippen LogP contribution in [0.2, 0.25) is 0 Å². The highest BCUT2D eigenvalue weighted by atomic mass is 19.4. The van der Waals surface area contributed by atoms with Crippen molar-refractivity contribution in [3.63, 3.8) is 0 Å². The van der Waals surface area contributed by atoms with E-state index in [9.17, 15) is 18.0 Å². The van der Waals surface area contributed by atoms with Gasteiger partial charge in [-0.15, -0.1) is 0 Å². The molecule has 26 heavy (non-hydrogen) atoms. The molecule has 0 radical (unpaired) electrons. The molecule has 1 amide bonds. The number of carbonyl (C=O) groups is 1. The SMILES string of the molecule is Cc1cccc(OCCNC(=O)c2ccc(COCC(F)(F)F)cc2)c1. The third kappa shape index (κ3) is 7.14. The Morgan fingerprint density at radius 2 is 1.85 bits per heavy atom. The first-order valence-electron chi connectivity index (χ1n) is 8.04. The molecule has 1 N–H and O–H groups in total. The van der Waals surface area contributed by atoms with Gasteiger partial charge in [0.05, 0.1) is 13.2 Å². The van der Waals surface area contributed by atoms with Gasteiger partial charge in [-0.1, -0.05) is 24.3 Å². The van der Waals surface area contributed by atoms with Crippen LogP contribution in [0.15, 0.2) is 48.5 Å². The van der Waals surface area contributed by atoms with Gasteiger partial charge in [0.25, 0.3) is 5.91 Å². The molecule has 0 atom stereocenters. The molecule has 0 unspecified atom stereocenters. The van der Waals surface area contributed by atoms with Gasteiger partial charge in [0.2, 0.25) is 0 Å². The zero-order valence-corrected chi connectivity index (χ0v) is 14.3. The van der Waals surface area contributed by atoms with Crippen LogP contribution in [0.25, 0.3) is 0 Å². The van der Waals surface area contributed by atoms with E-state index in [2.05, 4.69) is 10.1 Å². The van der Waals surface area contributed by atoms with Crippen molar-refractivity contribution in [2.45, 2.75) is 19.7 Å². The Balaban J connectivity index is 1.72. The standard InChI is InChI=1S/C19H20F3NO3/c1-14-3-2-4-17(11-14)26-10-9-23-18(24)16-7-5-15(6-8-16)12-25-13-19(20,21)22/h2-8,11H,9-10,12-13H2,1H3,(H,23,24). The van der Waals surface area contributed by atoms with Gasteiger partial charge in [-0.2, -0.15) is 13.2 Å². The minimum atomic E-state index is -4.35. The second-order valence-electron chi connectivity index (χ2n) is 5.73. The summed E-state index contributed by atoms with van der Waals surface area (Å²) < 4.78 is 46.2. The second kappa shape index (κ2) is 9.24. The molecule has 2 rings (SSSR count). The fraction of sp³-hybridized carbons (Fsp3) is 0.316. The number of ether oxygens (including phenoxy) is 2. The molecule has 140 valence electrons. The lowest BCUT2D eigenvalue weighted by Gasteiger charge is -2.09. The average molecular weight is 367 g/mol. The quantitative estimate of drug-likeness (QED) is 0.721. The van der Waals surface area contributed by atoms with Gasteiger partial charge in [-0.05, 0) is 42.3 Å². The summed E-state index contributed by atoms with van der Waals surface area (Å²) in [5.41, 5.74) is 2.07. The van der Waals surface area contributed by atoms with Crippen LogP contribution in [-0.2, 0) is 11.3 Å². The number of benzene rings is 2. The molecule has 0 aliphatic heterocycles. The minimum Gasteiger partial charge on any atom is -0.492 e. The molecule has 0 fully saturated rings. The van der Waals surface area contributed by atoms with E-state index >= 15 is 0 Å². The zero-order chi connectivity index (χ0) is 19.0. The number of halogens is 3. The maximum absolute atomic E-state index is 12.0. The van der Waals surface area contributed by atoms with Gasteiger partial charge < -0.3 is 14.8 Å². The van der Waals surface area contributed by atoms with E-state index in [4.69, 9.17) is 4.74 Å². The van der Waals surface area contributed by atoms with Crippen molar-refractivity contribution in [3.05, 3.63) is 65.2 Å². The summed E-state index contributed by atoms with van der Waals surface area (Å²) in [6.45, 7) is 1.18. The van der Waals surface area contributed by atoms with Crippen molar-refractivity contribution in [3.8, 4) is 5.75 Å². The molecule has 0 saturated carbocycles. The van der Waals surface area contributed by atoms with Crippen LogP contribution >= 0.6 is 0 Å². The van der Waals surface area contributed by atoms with Crippen LogP contribution < -0.4 is 10.1 Å². The largest absolute Gasteiger partial charge is 0.492 e. The Kier molecular flexibility index (Phi) is 7.03. The van der Waals surface area contributed by atoms with E-state index < -0.39 is 12.8 Å². The van der Waals surface area contributed by atoms with Crippen molar-refractivity contribution < 1.29 is 27.4 Å². The fourth-order valence-corrected chi connectivity index (χ4v) is 2.18. The second-order valence-corrected chi connectivity index (χ2v) is 5.73. The lowest BCUT2D eigenvalue weighted by molar-refractivity contribution is -0.176. The smallest absolute Gasteiger partial charge is 0.411 e. The summed E-state index contributed by atoms with van der Waals surface area (Å²) in [6.07, 6.45) is -4.35. The molecule has 2 aromatic carbocycles. The maximum Gasteiger partial charge on any atom is 0.411 e. The van der Waals surface area contributed by atoms with Crippen LogP contribution in [-0.4, -0.2) is 31.8 Å². The Labute approximate surface area is 149 Å². The van der Waals surface area contributed by atoms with Gasteiger partial charge in [-0.25, -0.2) is 0 Å². The number of aryl methyl sites for hydroxylation is 1. The van der Waals surface area contributed by atoms with E-state index in [1.54, 1.807) is 24.3 Å². The normalized spacial score (nSPS) is 11.2. The molecule has 7 heteroatoms. The predicted molar refractivity (Wildman–Crippen MR) is 91.2 cm³/mol. The summed E-state index contributed by atoms with van der Waals surface area (Å²) in [4.78, 5) is 12.0. The Morgan fingerprint density at radius 1 is 1.12 bits per heavy atom. The first-order valence-corrected chi connectivity index (χ1v) is 8.04. The van der Waals surface area contributed by atoms with Crippen molar-refractivity contribution in [2.75, 3.05) is 19.8 Å². The number of carbonyl (C=O) groups excluding carboxylic acids is 1. The third-order valence-corrected chi connectivity index (χ3v) is 3.40. The molecule has 4 nitrogen and oxygen atoms in total. The van der Waals surface area contributed by atoms with Crippen molar-refractivity contribution in [1.82, 2.24) is 5.32 Å². The van der Waals surface area contributed by atoms with E-state index in [1.807, 2.05) is 31.2 Å². The molecule has 0 heterocycles. The first-order chi connectivity index (χ1) is 12.3. The van der Waals surface area contributed by atoms with E-state index in [0.29, 0.717) is 24.3 Å². The summed E-state index contributed by atoms with van der Waals surface area (Å²) >= 11 is 0. The highest BCUT2D eigenvalue weighted by Crippen LogP contribution is 2.16. The van der Waals surface area contributed by atoms with Gasteiger partial charge in [0, 0.05) is 5.56 Å². The van der Waals surface area contributed by atoms with E-state index in [0.717, 1.165) is 11.3 Å². The molecule has 2 aromatic rings. The molecule has 0 aliphatic rings. The van der Waals surface area contributed by atoms with Gasteiger partial charge >= 0.3 is 6.18 Å². The predicted octanol–water partition coefficient (Wildman–Crippen LogP) is 3.88. The molecule has 0 saturated heterocycles.